The third-order valence-corrected chi connectivity index (χ3v) is 5.78. The molecule has 3 heterocycles. The van der Waals surface area contributed by atoms with E-state index in [0.717, 1.165) is 10.6 Å². The van der Waals surface area contributed by atoms with Crippen LogP contribution in [-0.2, 0) is 19.6 Å². The van der Waals surface area contributed by atoms with Crippen LogP contribution in [0.1, 0.15) is 13.3 Å². The van der Waals surface area contributed by atoms with Gasteiger partial charge in [0.15, 0.2) is 0 Å². The van der Waals surface area contributed by atoms with Gasteiger partial charge < -0.3 is 10.2 Å². The van der Waals surface area contributed by atoms with Gasteiger partial charge in [0, 0.05) is 19.6 Å². The molecule has 2 unspecified atom stereocenters. The molecule has 0 aromatic carbocycles. The van der Waals surface area contributed by atoms with E-state index in [2.05, 4.69) is 5.32 Å². The summed E-state index contributed by atoms with van der Waals surface area (Å²) >= 11 is 0. The Bertz CT molecular complexity index is 557. The normalized spacial score (nSPS) is 34.3. The van der Waals surface area contributed by atoms with Crippen molar-refractivity contribution in [1.82, 2.24) is 14.5 Å². The number of hydrogen-bond donors (Lipinski definition) is 1. The van der Waals surface area contributed by atoms with Crippen molar-refractivity contribution in [3.05, 3.63) is 0 Å². The van der Waals surface area contributed by atoms with Crippen molar-refractivity contribution in [2.24, 2.45) is 11.8 Å². The molecule has 0 aromatic heterocycles. The van der Waals surface area contributed by atoms with Crippen LogP contribution in [0.2, 0.25) is 0 Å². The fourth-order valence-corrected chi connectivity index (χ4v) is 4.75. The lowest BCUT2D eigenvalue weighted by molar-refractivity contribution is -0.139. The quantitative estimate of drug-likeness (QED) is 0.679. The molecule has 7 nitrogen and oxygen atoms in total. The molecule has 0 radical (unpaired) electrons. The van der Waals surface area contributed by atoms with Gasteiger partial charge in [0.2, 0.25) is 21.8 Å². The van der Waals surface area contributed by atoms with Gasteiger partial charge in [-0.25, -0.2) is 12.7 Å². The molecule has 3 saturated heterocycles. The van der Waals surface area contributed by atoms with Gasteiger partial charge in [-0.05, 0) is 6.42 Å². The highest BCUT2D eigenvalue weighted by molar-refractivity contribution is 7.88. The van der Waals surface area contributed by atoms with Crippen LogP contribution in [0, 0.1) is 11.8 Å². The SMILES string of the molecule is CC1C(=O)N(S(C)(=O)=O)C2CCN(C(=O)C3CNC3)[C@@H]12. The van der Waals surface area contributed by atoms with Crippen LogP contribution in [0.3, 0.4) is 0 Å². The number of amides is 2. The monoisotopic (exact) mass is 301 g/mol. The summed E-state index contributed by atoms with van der Waals surface area (Å²) in [4.78, 5) is 26.3. The zero-order chi connectivity index (χ0) is 14.7. The van der Waals surface area contributed by atoms with Gasteiger partial charge >= 0.3 is 0 Å². The Morgan fingerprint density at radius 1 is 1.35 bits per heavy atom. The summed E-state index contributed by atoms with van der Waals surface area (Å²) in [5, 5.41) is 3.06. The fourth-order valence-electron chi connectivity index (χ4n) is 3.53. The molecule has 8 heteroatoms. The van der Waals surface area contributed by atoms with E-state index in [1.54, 1.807) is 11.8 Å². The molecule has 3 aliphatic heterocycles. The number of carbonyl (C=O) groups is 2. The Balaban J connectivity index is 1.87. The van der Waals surface area contributed by atoms with E-state index in [9.17, 15) is 18.0 Å². The lowest BCUT2D eigenvalue weighted by Crippen LogP contribution is -2.54. The Morgan fingerprint density at radius 2 is 2.00 bits per heavy atom. The minimum Gasteiger partial charge on any atom is -0.336 e. The summed E-state index contributed by atoms with van der Waals surface area (Å²) in [7, 11) is -3.57. The van der Waals surface area contributed by atoms with Crippen LogP contribution in [-0.4, -0.2) is 67.4 Å². The predicted octanol–water partition coefficient (Wildman–Crippen LogP) is -1.39. The smallest absolute Gasteiger partial charge is 0.241 e. The first kappa shape index (κ1) is 13.8. The second-order valence-corrected chi connectivity index (χ2v) is 7.78. The Morgan fingerprint density at radius 3 is 2.50 bits per heavy atom. The van der Waals surface area contributed by atoms with Crippen molar-refractivity contribution in [3.63, 3.8) is 0 Å². The number of nitrogens with one attached hydrogen (secondary N) is 1. The number of rotatable bonds is 2. The lowest BCUT2D eigenvalue weighted by atomic mass is 9.97. The molecule has 3 rings (SSSR count). The third kappa shape index (κ3) is 1.85. The summed E-state index contributed by atoms with van der Waals surface area (Å²) in [5.41, 5.74) is 0. The first-order chi connectivity index (χ1) is 9.32. The van der Waals surface area contributed by atoms with E-state index in [1.807, 2.05) is 0 Å². The number of sulfonamides is 1. The molecule has 0 spiro atoms. The van der Waals surface area contributed by atoms with Crippen molar-refractivity contribution in [3.8, 4) is 0 Å². The van der Waals surface area contributed by atoms with Gasteiger partial charge in [-0.3, -0.25) is 9.59 Å². The molecular formula is C12H19N3O4S. The average molecular weight is 301 g/mol. The summed E-state index contributed by atoms with van der Waals surface area (Å²) in [6.45, 7) is 3.60. The Kier molecular flexibility index (Phi) is 3.06. The van der Waals surface area contributed by atoms with E-state index >= 15 is 0 Å². The highest BCUT2D eigenvalue weighted by Crippen LogP contribution is 2.38. The Hall–Kier alpha value is -1.15. The zero-order valence-corrected chi connectivity index (χ0v) is 12.4. The molecule has 20 heavy (non-hydrogen) atoms. The molecule has 0 aliphatic carbocycles. The van der Waals surface area contributed by atoms with Crippen molar-refractivity contribution in [2.75, 3.05) is 25.9 Å². The molecule has 0 saturated carbocycles. The average Bonchev–Trinajstić information content (AvgIpc) is 2.76. The second kappa shape index (κ2) is 4.42. The maximum atomic E-state index is 12.4. The van der Waals surface area contributed by atoms with Gasteiger partial charge in [0.25, 0.3) is 0 Å². The number of fused-ring (bicyclic) bond motifs is 1. The van der Waals surface area contributed by atoms with Crippen LogP contribution in [0.4, 0.5) is 0 Å². The summed E-state index contributed by atoms with van der Waals surface area (Å²) < 4.78 is 24.6. The van der Waals surface area contributed by atoms with Crippen molar-refractivity contribution < 1.29 is 18.0 Å². The Labute approximate surface area is 118 Å². The maximum absolute atomic E-state index is 12.4. The van der Waals surface area contributed by atoms with Gasteiger partial charge in [-0.1, -0.05) is 6.92 Å². The van der Waals surface area contributed by atoms with Crippen LogP contribution in [0.25, 0.3) is 0 Å². The van der Waals surface area contributed by atoms with Gasteiger partial charge in [0.1, 0.15) is 0 Å². The van der Waals surface area contributed by atoms with Gasteiger partial charge in [0.05, 0.1) is 30.2 Å². The summed E-state index contributed by atoms with van der Waals surface area (Å²) in [6, 6.07) is -0.685. The van der Waals surface area contributed by atoms with E-state index < -0.39 is 15.9 Å². The molecular weight excluding hydrogens is 282 g/mol. The fraction of sp³-hybridized carbons (Fsp3) is 0.833. The summed E-state index contributed by atoms with van der Waals surface area (Å²) in [5.74, 6) is -0.810. The number of hydrogen-bond acceptors (Lipinski definition) is 5. The van der Waals surface area contributed by atoms with Crippen LogP contribution >= 0.6 is 0 Å². The van der Waals surface area contributed by atoms with Crippen molar-refractivity contribution in [2.45, 2.75) is 25.4 Å². The third-order valence-electron chi connectivity index (χ3n) is 4.61. The largest absolute Gasteiger partial charge is 0.336 e. The van der Waals surface area contributed by atoms with Crippen LogP contribution in [0.15, 0.2) is 0 Å². The topological polar surface area (TPSA) is 86.8 Å². The standard InChI is InChI=1S/C12H19N3O4S/c1-7-10-9(15(11(7)16)20(2,18)19)3-4-14(10)12(17)8-5-13-6-8/h7-10,13H,3-6H2,1-2H3/t7?,9?,10-/m0/s1. The highest BCUT2D eigenvalue weighted by atomic mass is 32.2. The molecule has 0 aromatic rings. The molecule has 3 fully saturated rings. The van der Waals surface area contributed by atoms with Crippen molar-refractivity contribution in [1.29, 1.82) is 0 Å². The zero-order valence-electron chi connectivity index (χ0n) is 11.6. The number of carbonyl (C=O) groups excluding carboxylic acids is 2. The predicted molar refractivity (Wildman–Crippen MR) is 71.1 cm³/mol. The van der Waals surface area contributed by atoms with E-state index in [0.29, 0.717) is 26.1 Å². The van der Waals surface area contributed by atoms with E-state index in [4.69, 9.17) is 0 Å². The number of likely N-dealkylation sites (tertiary alicyclic amines) is 1. The van der Waals surface area contributed by atoms with Crippen LogP contribution < -0.4 is 5.32 Å². The first-order valence-corrected chi connectivity index (χ1v) is 8.71. The highest BCUT2D eigenvalue weighted by Gasteiger charge is 2.56. The van der Waals surface area contributed by atoms with E-state index in [1.165, 1.54) is 0 Å². The summed E-state index contributed by atoms with van der Waals surface area (Å²) in [6.07, 6.45) is 1.60. The molecule has 0 bridgehead atoms. The van der Waals surface area contributed by atoms with Crippen molar-refractivity contribution >= 4 is 21.8 Å². The van der Waals surface area contributed by atoms with Crippen LogP contribution in [0.5, 0.6) is 0 Å². The minimum atomic E-state index is -3.57. The maximum Gasteiger partial charge on any atom is 0.241 e. The van der Waals surface area contributed by atoms with Gasteiger partial charge in [-0.15, -0.1) is 0 Å². The minimum absolute atomic E-state index is 0.0247. The first-order valence-electron chi connectivity index (χ1n) is 6.87. The molecule has 3 atom stereocenters. The molecule has 2 amide bonds. The van der Waals surface area contributed by atoms with E-state index in [-0.39, 0.29) is 29.8 Å². The molecule has 1 N–H and O–H groups in total. The van der Waals surface area contributed by atoms with Gasteiger partial charge in [-0.2, -0.15) is 0 Å². The molecule has 3 aliphatic rings. The lowest BCUT2D eigenvalue weighted by Gasteiger charge is -2.34. The number of nitrogens with zero attached hydrogens (tertiary/aromatic N) is 2. The molecule has 112 valence electrons. The second-order valence-electron chi connectivity index (χ2n) is 5.92.